The Labute approximate surface area is 123 Å². The first-order valence-corrected chi connectivity index (χ1v) is 6.53. The Balaban J connectivity index is 2.14. The first-order chi connectivity index (χ1) is 10.0. The Morgan fingerprint density at radius 3 is 2.52 bits per heavy atom. The van der Waals surface area contributed by atoms with Gasteiger partial charge in [0.1, 0.15) is 23.9 Å². The zero-order valence-electron chi connectivity index (χ0n) is 12.4. The molecule has 0 unspecified atom stereocenters. The molecule has 0 fully saturated rings. The average molecular weight is 290 g/mol. The predicted octanol–water partition coefficient (Wildman–Crippen LogP) is 3.06. The lowest BCUT2D eigenvalue weighted by Crippen LogP contribution is -2.09. The van der Waals surface area contributed by atoms with Gasteiger partial charge in [-0.1, -0.05) is 0 Å². The maximum Gasteiger partial charge on any atom is 0.144 e. The van der Waals surface area contributed by atoms with Crippen molar-refractivity contribution in [2.75, 3.05) is 31.8 Å². The Hall–Kier alpha value is -2.43. The second-order valence-electron chi connectivity index (χ2n) is 4.86. The van der Waals surface area contributed by atoms with E-state index in [2.05, 4.69) is 0 Å². The van der Waals surface area contributed by atoms with Crippen LogP contribution in [0.15, 0.2) is 36.4 Å². The first kappa shape index (κ1) is 15.0. The maximum atomic E-state index is 13.8. The van der Waals surface area contributed by atoms with Gasteiger partial charge in [0, 0.05) is 37.5 Å². The van der Waals surface area contributed by atoms with E-state index in [0.717, 1.165) is 5.69 Å². The number of hydrogen-bond donors (Lipinski definition) is 1. The summed E-state index contributed by atoms with van der Waals surface area (Å²) in [5, 5.41) is 0. The number of anilines is 2. The molecule has 0 heterocycles. The van der Waals surface area contributed by atoms with Crippen LogP contribution in [0.3, 0.4) is 0 Å². The Bertz CT molecular complexity index is 630. The van der Waals surface area contributed by atoms with Gasteiger partial charge in [0.05, 0.1) is 12.8 Å². The van der Waals surface area contributed by atoms with E-state index in [9.17, 15) is 4.39 Å². The summed E-state index contributed by atoms with van der Waals surface area (Å²) < 4.78 is 24.5. The summed E-state index contributed by atoms with van der Waals surface area (Å²) in [6.45, 7) is 0.108. The lowest BCUT2D eigenvalue weighted by Gasteiger charge is -2.16. The van der Waals surface area contributed by atoms with Crippen LogP contribution < -0.4 is 20.1 Å². The normalized spacial score (nSPS) is 10.3. The molecule has 0 atom stereocenters. The van der Waals surface area contributed by atoms with Crippen LogP contribution in [0.2, 0.25) is 0 Å². The summed E-state index contributed by atoms with van der Waals surface area (Å²) in [5.41, 5.74) is 7.82. The molecule has 0 aliphatic heterocycles. The molecular weight excluding hydrogens is 271 g/mol. The van der Waals surface area contributed by atoms with Gasteiger partial charge in [-0.2, -0.15) is 0 Å². The molecule has 5 heteroatoms. The van der Waals surface area contributed by atoms with E-state index < -0.39 is 0 Å². The minimum atomic E-state index is -0.364. The number of rotatable bonds is 5. The molecule has 2 N–H and O–H groups in total. The fraction of sp³-hybridized carbons (Fsp3) is 0.250. The van der Waals surface area contributed by atoms with Gasteiger partial charge >= 0.3 is 0 Å². The number of methoxy groups -OCH3 is 1. The largest absolute Gasteiger partial charge is 0.497 e. The molecule has 0 amide bonds. The number of ether oxygens (including phenoxy) is 2. The second-order valence-corrected chi connectivity index (χ2v) is 4.86. The summed E-state index contributed by atoms with van der Waals surface area (Å²) >= 11 is 0. The van der Waals surface area contributed by atoms with Crippen LogP contribution in [0, 0.1) is 5.82 Å². The SMILES string of the molecule is COc1ccc(COc2cc(N(C)C)ccc2N)c(F)c1. The Morgan fingerprint density at radius 1 is 1.14 bits per heavy atom. The van der Waals surface area contributed by atoms with Crippen LogP contribution >= 0.6 is 0 Å². The van der Waals surface area contributed by atoms with Crippen LogP contribution in [-0.2, 0) is 6.61 Å². The number of nitrogens with two attached hydrogens (primary N) is 1. The molecule has 2 aromatic rings. The first-order valence-electron chi connectivity index (χ1n) is 6.53. The third-order valence-electron chi connectivity index (χ3n) is 3.16. The highest BCUT2D eigenvalue weighted by Gasteiger charge is 2.08. The summed E-state index contributed by atoms with van der Waals surface area (Å²) in [6.07, 6.45) is 0. The molecule has 2 rings (SSSR count). The minimum Gasteiger partial charge on any atom is -0.497 e. The van der Waals surface area contributed by atoms with Crippen LogP contribution in [-0.4, -0.2) is 21.2 Å². The number of nitrogen functional groups attached to an aromatic ring is 1. The fourth-order valence-electron chi connectivity index (χ4n) is 1.85. The molecule has 0 saturated heterocycles. The third-order valence-corrected chi connectivity index (χ3v) is 3.16. The number of benzene rings is 2. The van der Waals surface area contributed by atoms with Crippen molar-refractivity contribution in [3.8, 4) is 11.5 Å². The molecular formula is C16H19FN2O2. The second kappa shape index (κ2) is 6.35. The molecule has 0 saturated carbocycles. The molecule has 4 nitrogen and oxygen atoms in total. The standard InChI is InChI=1S/C16H19FN2O2/c1-19(2)12-5-7-15(18)16(8-12)21-10-11-4-6-13(20-3)9-14(11)17/h4-9H,10,18H2,1-3H3. The molecule has 0 bridgehead atoms. The van der Waals surface area contributed by atoms with Crippen LogP contribution in [0.5, 0.6) is 11.5 Å². The lowest BCUT2D eigenvalue weighted by molar-refractivity contribution is 0.301. The van der Waals surface area contributed by atoms with Crippen molar-refractivity contribution >= 4 is 11.4 Å². The predicted molar refractivity (Wildman–Crippen MR) is 82.5 cm³/mol. The number of nitrogens with zero attached hydrogens (tertiary/aromatic N) is 1. The summed E-state index contributed by atoms with van der Waals surface area (Å²) in [4.78, 5) is 1.94. The molecule has 0 aliphatic rings. The van der Waals surface area contributed by atoms with Crippen molar-refractivity contribution < 1.29 is 13.9 Å². The van der Waals surface area contributed by atoms with Gasteiger partial charge in [-0.3, -0.25) is 0 Å². The molecule has 0 radical (unpaired) electrons. The Kier molecular flexibility index (Phi) is 4.52. The number of halogens is 1. The van der Waals surface area contributed by atoms with E-state index in [-0.39, 0.29) is 12.4 Å². The van der Waals surface area contributed by atoms with Crippen molar-refractivity contribution in [1.82, 2.24) is 0 Å². The van der Waals surface area contributed by atoms with E-state index in [1.807, 2.05) is 31.1 Å². The fourth-order valence-corrected chi connectivity index (χ4v) is 1.85. The molecule has 21 heavy (non-hydrogen) atoms. The summed E-state index contributed by atoms with van der Waals surface area (Å²) in [5.74, 6) is 0.651. The molecule has 0 spiro atoms. The van der Waals surface area contributed by atoms with Crippen molar-refractivity contribution in [1.29, 1.82) is 0 Å². The van der Waals surface area contributed by atoms with Gasteiger partial charge in [-0.15, -0.1) is 0 Å². The minimum absolute atomic E-state index is 0.108. The van der Waals surface area contributed by atoms with Gasteiger partial charge in [-0.25, -0.2) is 4.39 Å². The quantitative estimate of drug-likeness (QED) is 0.860. The highest BCUT2D eigenvalue weighted by Crippen LogP contribution is 2.28. The maximum absolute atomic E-state index is 13.8. The molecule has 0 aromatic heterocycles. The van der Waals surface area contributed by atoms with Crippen molar-refractivity contribution in [2.24, 2.45) is 0 Å². The smallest absolute Gasteiger partial charge is 0.144 e. The zero-order valence-corrected chi connectivity index (χ0v) is 12.4. The topological polar surface area (TPSA) is 47.7 Å². The van der Waals surface area contributed by atoms with Gasteiger partial charge in [0.25, 0.3) is 0 Å². The summed E-state index contributed by atoms with van der Waals surface area (Å²) in [6, 6.07) is 10.2. The van der Waals surface area contributed by atoms with Crippen LogP contribution in [0.25, 0.3) is 0 Å². The molecule has 0 aliphatic carbocycles. The van der Waals surface area contributed by atoms with Crippen molar-refractivity contribution in [2.45, 2.75) is 6.61 Å². The van der Waals surface area contributed by atoms with E-state index >= 15 is 0 Å². The highest BCUT2D eigenvalue weighted by molar-refractivity contribution is 5.61. The monoisotopic (exact) mass is 290 g/mol. The van der Waals surface area contributed by atoms with Crippen LogP contribution in [0.4, 0.5) is 15.8 Å². The van der Waals surface area contributed by atoms with E-state index in [1.165, 1.54) is 13.2 Å². The third kappa shape index (κ3) is 3.56. The van der Waals surface area contributed by atoms with Crippen molar-refractivity contribution in [3.63, 3.8) is 0 Å². The number of hydrogen-bond acceptors (Lipinski definition) is 4. The summed E-state index contributed by atoms with van der Waals surface area (Å²) in [7, 11) is 5.36. The van der Waals surface area contributed by atoms with Gasteiger partial charge in [0.2, 0.25) is 0 Å². The van der Waals surface area contributed by atoms with E-state index in [0.29, 0.717) is 22.7 Å². The van der Waals surface area contributed by atoms with Gasteiger partial charge in [-0.05, 0) is 24.3 Å². The molecule has 112 valence electrons. The zero-order chi connectivity index (χ0) is 15.4. The van der Waals surface area contributed by atoms with E-state index in [4.69, 9.17) is 15.2 Å². The molecule has 2 aromatic carbocycles. The average Bonchev–Trinajstić information content (AvgIpc) is 2.47. The Morgan fingerprint density at radius 2 is 1.90 bits per heavy atom. The van der Waals surface area contributed by atoms with Gasteiger partial charge < -0.3 is 20.1 Å². The lowest BCUT2D eigenvalue weighted by atomic mass is 10.2. The van der Waals surface area contributed by atoms with Gasteiger partial charge in [0.15, 0.2) is 0 Å². The highest BCUT2D eigenvalue weighted by atomic mass is 19.1. The van der Waals surface area contributed by atoms with Crippen LogP contribution in [0.1, 0.15) is 5.56 Å². The van der Waals surface area contributed by atoms with E-state index in [1.54, 1.807) is 18.2 Å². The van der Waals surface area contributed by atoms with Crippen molar-refractivity contribution in [3.05, 3.63) is 47.8 Å².